The summed E-state index contributed by atoms with van der Waals surface area (Å²) in [6.45, 7) is 2.40. The van der Waals surface area contributed by atoms with Crippen LogP contribution in [0.1, 0.15) is 18.4 Å². The Morgan fingerprint density at radius 1 is 1.29 bits per heavy atom. The summed E-state index contributed by atoms with van der Waals surface area (Å²) in [5.74, 6) is 0. The average Bonchev–Trinajstić information content (AvgIpc) is 2.67. The smallest absolute Gasteiger partial charge is 0.0587 e. The minimum atomic E-state index is 0.298. The summed E-state index contributed by atoms with van der Waals surface area (Å²) >= 11 is 0. The molecule has 1 N–H and O–H groups in total. The van der Waals surface area contributed by atoms with Crippen LogP contribution in [0, 0.1) is 0 Å². The number of likely N-dealkylation sites (tertiary alicyclic amines) is 1. The Balaban J connectivity index is 1.97. The Kier molecular flexibility index (Phi) is 3.17. The highest BCUT2D eigenvalue weighted by Crippen LogP contribution is 2.19. The van der Waals surface area contributed by atoms with E-state index in [4.69, 9.17) is 0 Å². The van der Waals surface area contributed by atoms with Gasteiger partial charge in [-0.15, -0.1) is 0 Å². The first-order chi connectivity index (χ1) is 6.90. The fourth-order valence-corrected chi connectivity index (χ4v) is 2.13. The molecule has 1 aliphatic heterocycles. The molecule has 1 aromatic rings. The molecule has 0 saturated carbocycles. The highest BCUT2D eigenvalue weighted by Gasteiger charge is 2.23. The predicted molar refractivity (Wildman–Crippen MR) is 57.0 cm³/mol. The first kappa shape index (κ1) is 9.69. The van der Waals surface area contributed by atoms with Crippen LogP contribution in [0.2, 0.25) is 0 Å². The van der Waals surface area contributed by atoms with Gasteiger partial charge in [-0.3, -0.25) is 4.90 Å². The molecule has 2 heteroatoms. The number of aliphatic hydroxyl groups excluding tert-OH is 1. The molecule has 1 aromatic carbocycles. The molecule has 1 aliphatic rings. The van der Waals surface area contributed by atoms with Crippen molar-refractivity contribution in [1.29, 1.82) is 0 Å². The third kappa shape index (κ3) is 2.14. The highest BCUT2D eigenvalue weighted by molar-refractivity contribution is 5.14. The van der Waals surface area contributed by atoms with E-state index in [0.717, 1.165) is 19.5 Å². The maximum absolute atomic E-state index is 9.17. The molecule has 1 heterocycles. The van der Waals surface area contributed by atoms with E-state index in [-0.39, 0.29) is 0 Å². The predicted octanol–water partition coefficient (Wildman–Crippen LogP) is 1.64. The minimum absolute atomic E-state index is 0.298. The molecule has 0 unspecified atom stereocenters. The van der Waals surface area contributed by atoms with Crippen molar-refractivity contribution >= 4 is 0 Å². The van der Waals surface area contributed by atoms with Gasteiger partial charge in [-0.25, -0.2) is 0 Å². The Hall–Kier alpha value is -0.860. The zero-order valence-corrected chi connectivity index (χ0v) is 8.39. The number of hydrogen-bond donors (Lipinski definition) is 1. The number of aliphatic hydroxyl groups is 1. The molecule has 2 rings (SSSR count). The van der Waals surface area contributed by atoms with Gasteiger partial charge in [0, 0.05) is 12.6 Å². The maximum atomic E-state index is 9.17. The van der Waals surface area contributed by atoms with Gasteiger partial charge in [-0.05, 0) is 24.9 Å². The molecular weight excluding hydrogens is 174 g/mol. The van der Waals surface area contributed by atoms with Crippen LogP contribution in [0.4, 0.5) is 0 Å². The van der Waals surface area contributed by atoms with Gasteiger partial charge in [0.05, 0.1) is 6.61 Å². The molecule has 0 amide bonds. The fourth-order valence-electron chi connectivity index (χ4n) is 2.13. The third-order valence-corrected chi connectivity index (χ3v) is 2.94. The van der Waals surface area contributed by atoms with Gasteiger partial charge in [-0.2, -0.15) is 0 Å². The first-order valence-corrected chi connectivity index (χ1v) is 5.29. The van der Waals surface area contributed by atoms with Crippen molar-refractivity contribution in [2.75, 3.05) is 13.2 Å². The minimum Gasteiger partial charge on any atom is -0.395 e. The summed E-state index contributed by atoms with van der Waals surface area (Å²) in [5, 5.41) is 9.17. The second kappa shape index (κ2) is 4.58. The molecule has 76 valence electrons. The highest BCUT2D eigenvalue weighted by atomic mass is 16.3. The second-order valence-corrected chi connectivity index (χ2v) is 3.93. The normalized spacial score (nSPS) is 22.8. The molecule has 1 atom stereocenters. The zero-order valence-electron chi connectivity index (χ0n) is 8.39. The molecule has 1 saturated heterocycles. The lowest BCUT2D eigenvalue weighted by molar-refractivity contribution is 0.153. The van der Waals surface area contributed by atoms with Gasteiger partial charge in [0.2, 0.25) is 0 Å². The molecule has 2 nitrogen and oxygen atoms in total. The standard InChI is InChI=1S/C12H17NO/c14-10-12-7-4-8-13(12)9-11-5-2-1-3-6-11/h1-3,5-6,12,14H,4,7-10H2/t12-/m0/s1. The summed E-state index contributed by atoms with van der Waals surface area (Å²) < 4.78 is 0. The van der Waals surface area contributed by atoms with Crippen LogP contribution in [0.25, 0.3) is 0 Å². The van der Waals surface area contributed by atoms with Crippen LogP contribution in [0.5, 0.6) is 0 Å². The third-order valence-electron chi connectivity index (χ3n) is 2.94. The van der Waals surface area contributed by atoms with Gasteiger partial charge >= 0.3 is 0 Å². The van der Waals surface area contributed by atoms with E-state index < -0.39 is 0 Å². The second-order valence-electron chi connectivity index (χ2n) is 3.93. The zero-order chi connectivity index (χ0) is 9.80. The van der Waals surface area contributed by atoms with E-state index in [1.165, 1.54) is 12.0 Å². The van der Waals surface area contributed by atoms with Crippen LogP contribution < -0.4 is 0 Å². The Morgan fingerprint density at radius 3 is 2.79 bits per heavy atom. The summed E-state index contributed by atoms with van der Waals surface area (Å²) in [7, 11) is 0. The molecule has 0 bridgehead atoms. The van der Waals surface area contributed by atoms with Crippen LogP contribution >= 0.6 is 0 Å². The first-order valence-electron chi connectivity index (χ1n) is 5.29. The quantitative estimate of drug-likeness (QED) is 0.785. The van der Waals surface area contributed by atoms with Gasteiger partial charge in [0.1, 0.15) is 0 Å². The molecule has 1 fully saturated rings. The van der Waals surface area contributed by atoms with E-state index in [2.05, 4.69) is 29.2 Å². The average molecular weight is 191 g/mol. The van der Waals surface area contributed by atoms with Crippen molar-refractivity contribution in [2.24, 2.45) is 0 Å². The Bertz CT molecular complexity index is 273. The maximum Gasteiger partial charge on any atom is 0.0587 e. The van der Waals surface area contributed by atoms with Crippen molar-refractivity contribution in [3.63, 3.8) is 0 Å². The number of rotatable bonds is 3. The van der Waals surface area contributed by atoms with Crippen LogP contribution in [-0.4, -0.2) is 29.2 Å². The van der Waals surface area contributed by atoms with Crippen LogP contribution in [-0.2, 0) is 6.54 Å². The number of nitrogens with zero attached hydrogens (tertiary/aromatic N) is 1. The van der Waals surface area contributed by atoms with Gasteiger partial charge < -0.3 is 5.11 Å². The molecule has 14 heavy (non-hydrogen) atoms. The Labute approximate surface area is 85.2 Å². The summed E-state index contributed by atoms with van der Waals surface area (Å²) in [4.78, 5) is 2.37. The molecule has 0 aliphatic carbocycles. The van der Waals surface area contributed by atoms with E-state index in [1.54, 1.807) is 0 Å². The summed E-state index contributed by atoms with van der Waals surface area (Å²) in [6.07, 6.45) is 2.36. The van der Waals surface area contributed by atoms with Gasteiger partial charge in [0.15, 0.2) is 0 Å². The van der Waals surface area contributed by atoms with E-state index in [0.29, 0.717) is 12.6 Å². The van der Waals surface area contributed by atoms with Crippen molar-refractivity contribution in [2.45, 2.75) is 25.4 Å². The SMILES string of the molecule is OC[C@@H]1CCCN1Cc1ccccc1. The lowest BCUT2D eigenvalue weighted by Crippen LogP contribution is -2.31. The monoisotopic (exact) mass is 191 g/mol. The van der Waals surface area contributed by atoms with Crippen molar-refractivity contribution in [3.05, 3.63) is 35.9 Å². The van der Waals surface area contributed by atoms with E-state index >= 15 is 0 Å². The van der Waals surface area contributed by atoms with Crippen LogP contribution in [0.15, 0.2) is 30.3 Å². The van der Waals surface area contributed by atoms with Crippen molar-refractivity contribution < 1.29 is 5.11 Å². The van der Waals surface area contributed by atoms with Gasteiger partial charge in [-0.1, -0.05) is 30.3 Å². The lowest BCUT2D eigenvalue weighted by Gasteiger charge is -2.22. The molecule has 0 aromatic heterocycles. The van der Waals surface area contributed by atoms with Crippen molar-refractivity contribution in [3.8, 4) is 0 Å². The van der Waals surface area contributed by atoms with Crippen LogP contribution in [0.3, 0.4) is 0 Å². The fraction of sp³-hybridized carbons (Fsp3) is 0.500. The molecular formula is C12H17NO. The summed E-state index contributed by atoms with van der Waals surface area (Å²) in [5.41, 5.74) is 1.34. The molecule has 0 radical (unpaired) electrons. The summed E-state index contributed by atoms with van der Waals surface area (Å²) in [6, 6.07) is 10.9. The lowest BCUT2D eigenvalue weighted by atomic mass is 10.2. The van der Waals surface area contributed by atoms with E-state index in [1.807, 2.05) is 6.07 Å². The van der Waals surface area contributed by atoms with E-state index in [9.17, 15) is 5.11 Å². The van der Waals surface area contributed by atoms with Crippen molar-refractivity contribution in [1.82, 2.24) is 4.90 Å². The number of benzene rings is 1. The Morgan fingerprint density at radius 2 is 2.07 bits per heavy atom. The topological polar surface area (TPSA) is 23.5 Å². The molecule has 0 spiro atoms. The number of hydrogen-bond acceptors (Lipinski definition) is 2. The van der Waals surface area contributed by atoms with Gasteiger partial charge in [0.25, 0.3) is 0 Å². The largest absolute Gasteiger partial charge is 0.395 e.